The van der Waals surface area contributed by atoms with E-state index >= 15 is 17.6 Å². The molecule has 0 aromatic heterocycles. The molecular weight excluding hydrogens is 708 g/mol. The quantitative estimate of drug-likeness (QED) is 0.111. The van der Waals surface area contributed by atoms with Crippen LogP contribution in [0.15, 0.2) is 24.3 Å². The summed E-state index contributed by atoms with van der Waals surface area (Å²) in [7, 11) is 0. The Kier molecular flexibility index (Phi) is 16.7. The fraction of sp³-hybridized carbons (Fsp3) is 0.739. The Balaban J connectivity index is 0.851. The van der Waals surface area contributed by atoms with Gasteiger partial charge in [-0.3, -0.25) is 0 Å². The minimum atomic E-state index is -0.566. The van der Waals surface area contributed by atoms with E-state index < -0.39 is 23.3 Å². The molecule has 2 heterocycles. The number of halogens is 4. The SMILES string of the molecule is CCCC1COC(C2CCC(CCc3cc(F)c(CCOCCc4c(F)cc(CCC5CCC(C6OCC(CCC)CO6)CC5)cc4F)c(F)c3)CC2)OC1. The van der Waals surface area contributed by atoms with Gasteiger partial charge in [0, 0.05) is 47.6 Å². The molecule has 5 nitrogen and oxygen atoms in total. The average molecular weight is 775 g/mol. The molecule has 0 amide bonds. The number of ether oxygens (including phenoxy) is 5. The Labute approximate surface area is 327 Å². The van der Waals surface area contributed by atoms with Crippen LogP contribution in [0.25, 0.3) is 0 Å². The van der Waals surface area contributed by atoms with E-state index in [2.05, 4.69) is 13.8 Å². The molecule has 308 valence electrons. The second kappa shape index (κ2) is 21.6. The van der Waals surface area contributed by atoms with E-state index in [1.54, 1.807) is 0 Å². The minimum absolute atomic E-state index is 0.00989. The van der Waals surface area contributed by atoms with E-state index in [0.717, 1.165) is 116 Å². The predicted octanol–water partition coefficient (Wildman–Crippen LogP) is 11.1. The molecule has 0 spiro atoms. The first-order chi connectivity index (χ1) is 26.8. The standard InChI is InChI=1S/C46H66F4O5/c1-3-5-35-27-52-45(53-28-35)37-15-11-31(12-16-37)7-9-33-23-41(47)39(42(48)24-33)19-21-51-22-20-40-43(49)25-34(26-44(40)50)10-8-32-13-17-38(18-14-32)46-54-29-36(6-4-2)30-55-46/h23-26,31-32,35-38,45-46H,3-22,27-30H2,1-2H3. The molecule has 2 aromatic rings. The third-order valence-electron chi connectivity index (χ3n) is 13.0. The predicted molar refractivity (Wildman–Crippen MR) is 207 cm³/mol. The molecule has 0 N–H and O–H groups in total. The highest BCUT2D eigenvalue weighted by Gasteiger charge is 2.34. The van der Waals surface area contributed by atoms with Crippen molar-refractivity contribution in [1.82, 2.24) is 0 Å². The van der Waals surface area contributed by atoms with Crippen molar-refractivity contribution in [2.75, 3.05) is 39.6 Å². The Bertz CT molecular complexity index is 1290. The molecule has 4 fully saturated rings. The van der Waals surface area contributed by atoms with E-state index in [4.69, 9.17) is 23.7 Å². The average Bonchev–Trinajstić information content (AvgIpc) is 3.19. The summed E-state index contributed by atoms with van der Waals surface area (Å²) in [5.74, 6) is 0.687. The van der Waals surface area contributed by atoms with Crippen LogP contribution in [0.5, 0.6) is 0 Å². The summed E-state index contributed by atoms with van der Waals surface area (Å²) < 4.78 is 89.8. The van der Waals surface area contributed by atoms with Crippen molar-refractivity contribution in [3.05, 3.63) is 69.8 Å². The van der Waals surface area contributed by atoms with Crippen molar-refractivity contribution >= 4 is 0 Å². The third-order valence-corrected chi connectivity index (χ3v) is 13.0. The molecule has 2 aliphatic carbocycles. The molecule has 6 rings (SSSR count). The zero-order chi connectivity index (χ0) is 38.6. The highest BCUT2D eigenvalue weighted by atomic mass is 19.1. The topological polar surface area (TPSA) is 46.2 Å². The van der Waals surface area contributed by atoms with Gasteiger partial charge in [-0.1, -0.05) is 26.7 Å². The molecule has 4 aliphatic rings. The summed E-state index contributed by atoms with van der Waals surface area (Å²) in [6, 6.07) is 5.78. The Hall–Kier alpha value is -2.04. The van der Waals surface area contributed by atoms with Gasteiger partial charge < -0.3 is 23.7 Å². The van der Waals surface area contributed by atoms with E-state index in [-0.39, 0.29) is 49.8 Å². The third kappa shape index (κ3) is 12.5. The monoisotopic (exact) mass is 774 g/mol. The van der Waals surface area contributed by atoms with Gasteiger partial charge in [0.25, 0.3) is 0 Å². The maximum absolute atomic E-state index is 15.0. The van der Waals surface area contributed by atoms with Gasteiger partial charge >= 0.3 is 0 Å². The Morgan fingerprint density at radius 2 is 0.818 bits per heavy atom. The molecule has 2 aliphatic heterocycles. The first-order valence-electron chi connectivity index (χ1n) is 21.8. The molecule has 0 atom stereocenters. The van der Waals surface area contributed by atoms with Gasteiger partial charge in [0.05, 0.1) is 39.6 Å². The van der Waals surface area contributed by atoms with Crippen molar-refractivity contribution in [3.63, 3.8) is 0 Å². The number of rotatable bonds is 18. The Morgan fingerprint density at radius 3 is 1.15 bits per heavy atom. The van der Waals surface area contributed by atoms with Crippen LogP contribution in [0.2, 0.25) is 0 Å². The molecule has 2 aromatic carbocycles. The van der Waals surface area contributed by atoms with Gasteiger partial charge in [-0.25, -0.2) is 17.6 Å². The van der Waals surface area contributed by atoms with Gasteiger partial charge in [0.15, 0.2) is 12.6 Å². The van der Waals surface area contributed by atoms with Crippen LogP contribution in [0, 0.1) is 58.8 Å². The van der Waals surface area contributed by atoms with Crippen LogP contribution in [-0.4, -0.2) is 52.2 Å². The van der Waals surface area contributed by atoms with Crippen LogP contribution >= 0.6 is 0 Å². The molecular formula is C46H66F4O5. The lowest BCUT2D eigenvalue weighted by Gasteiger charge is -2.37. The van der Waals surface area contributed by atoms with Crippen molar-refractivity contribution in [3.8, 4) is 0 Å². The zero-order valence-electron chi connectivity index (χ0n) is 33.5. The maximum atomic E-state index is 15.0. The summed E-state index contributed by atoms with van der Waals surface area (Å²) >= 11 is 0. The van der Waals surface area contributed by atoms with E-state index in [9.17, 15) is 0 Å². The molecule has 2 saturated carbocycles. The smallest absolute Gasteiger partial charge is 0.160 e. The molecule has 0 bridgehead atoms. The van der Waals surface area contributed by atoms with Gasteiger partial charge in [0.2, 0.25) is 0 Å². The highest BCUT2D eigenvalue weighted by Crippen LogP contribution is 2.38. The zero-order valence-corrected chi connectivity index (χ0v) is 33.5. The maximum Gasteiger partial charge on any atom is 0.160 e. The second-order valence-electron chi connectivity index (χ2n) is 17.2. The second-order valence-corrected chi connectivity index (χ2v) is 17.2. The fourth-order valence-corrected chi connectivity index (χ4v) is 9.58. The molecule has 0 radical (unpaired) electrons. The number of aryl methyl sites for hydroxylation is 2. The van der Waals surface area contributed by atoms with E-state index in [0.29, 0.717) is 59.5 Å². The van der Waals surface area contributed by atoms with Gasteiger partial charge in [0.1, 0.15) is 23.3 Å². The molecule has 0 unspecified atom stereocenters. The summed E-state index contributed by atoms with van der Waals surface area (Å²) in [6.07, 6.45) is 16.2. The van der Waals surface area contributed by atoms with E-state index in [1.165, 1.54) is 24.3 Å². The first kappa shape index (κ1) is 42.6. The van der Waals surface area contributed by atoms with Gasteiger partial charge in [-0.2, -0.15) is 0 Å². The van der Waals surface area contributed by atoms with E-state index in [1.807, 2.05) is 0 Å². The summed E-state index contributed by atoms with van der Waals surface area (Å²) in [5, 5.41) is 0. The van der Waals surface area contributed by atoms with Crippen molar-refractivity contribution in [2.45, 2.75) is 142 Å². The van der Waals surface area contributed by atoms with Crippen molar-refractivity contribution in [2.24, 2.45) is 35.5 Å². The highest BCUT2D eigenvalue weighted by molar-refractivity contribution is 5.28. The first-order valence-corrected chi connectivity index (χ1v) is 21.8. The molecule has 55 heavy (non-hydrogen) atoms. The largest absolute Gasteiger partial charge is 0.381 e. The Morgan fingerprint density at radius 1 is 0.473 bits per heavy atom. The van der Waals surface area contributed by atoms with Gasteiger partial charge in [-0.15, -0.1) is 0 Å². The minimum Gasteiger partial charge on any atom is -0.381 e. The van der Waals surface area contributed by atoms with Crippen LogP contribution in [0.4, 0.5) is 17.6 Å². The molecule has 2 saturated heterocycles. The summed E-state index contributed by atoms with van der Waals surface area (Å²) in [4.78, 5) is 0. The lowest BCUT2D eigenvalue weighted by atomic mass is 9.79. The fourth-order valence-electron chi connectivity index (χ4n) is 9.58. The number of hydrogen-bond acceptors (Lipinski definition) is 5. The van der Waals surface area contributed by atoms with Crippen LogP contribution in [-0.2, 0) is 49.4 Å². The van der Waals surface area contributed by atoms with Crippen molar-refractivity contribution in [1.29, 1.82) is 0 Å². The summed E-state index contributed by atoms with van der Waals surface area (Å²) in [6.45, 7) is 7.68. The van der Waals surface area contributed by atoms with Gasteiger partial charge in [-0.05, 0) is 137 Å². The normalized spacial score (nSPS) is 29.1. The van der Waals surface area contributed by atoms with Crippen LogP contribution < -0.4 is 0 Å². The van der Waals surface area contributed by atoms with Crippen LogP contribution in [0.1, 0.15) is 126 Å². The number of benzene rings is 2. The number of hydrogen-bond donors (Lipinski definition) is 0. The van der Waals surface area contributed by atoms with Crippen LogP contribution in [0.3, 0.4) is 0 Å². The molecule has 9 heteroatoms. The van der Waals surface area contributed by atoms with Crippen molar-refractivity contribution < 1.29 is 41.2 Å². The summed E-state index contributed by atoms with van der Waals surface area (Å²) in [5.41, 5.74) is 1.32. The lowest BCUT2D eigenvalue weighted by Crippen LogP contribution is -2.38. The lowest BCUT2D eigenvalue weighted by molar-refractivity contribution is -0.230.